The SMILES string of the molecule is CCCOc1nn(C)c(=O)cc1N1CCN(C)CC1. The summed E-state index contributed by atoms with van der Waals surface area (Å²) in [5, 5.41) is 4.23. The van der Waals surface area contributed by atoms with E-state index < -0.39 is 0 Å². The van der Waals surface area contributed by atoms with Crippen molar-refractivity contribution >= 4 is 5.69 Å². The second-order valence-electron chi connectivity index (χ2n) is 4.94. The maximum absolute atomic E-state index is 11.8. The van der Waals surface area contributed by atoms with Crippen LogP contribution in [0.5, 0.6) is 5.88 Å². The minimum Gasteiger partial charge on any atom is -0.475 e. The van der Waals surface area contributed by atoms with E-state index in [4.69, 9.17) is 4.74 Å². The van der Waals surface area contributed by atoms with E-state index in [1.54, 1.807) is 13.1 Å². The summed E-state index contributed by atoms with van der Waals surface area (Å²) < 4.78 is 7.00. The van der Waals surface area contributed by atoms with Gasteiger partial charge in [-0.25, -0.2) is 4.68 Å². The van der Waals surface area contributed by atoms with Crippen LogP contribution >= 0.6 is 0 Å². The van der Waals surface area contributed by atoms with Gasteiger partial charge in [-0.1, -0.05) is 6.92 Å². The van der Waals surface area contributed by atoms with Gasteiger partial charge in [0.15, 0.2) is 0 Å². The molecule has 0 spiro atoms. The Morgan fingerprint density at radius 2 is 1.95 bits per heavy atom. The molecule has 1 aliphatic heterocycles. The van der Waals surface area contributed by atoms with Gasteiger partial charge in [0.05, 0.1) is 6.61 Å². The largest absolute Gasteiger partial charge is 0.475 e. The van der Waals surface area contributed by atoms with Crippen molar-refractivity contribution in [2.45, 2.75) is 13.3 Å². The monoisotopic (exact) mass is 266 g/mol. The number of anilines is 1. The van der Waals surface area contributed by atoms with Gasteiger partial charge >= 0.3 is 0 Å². The van der Waals surface area contributed by atoms with Crippen molar-refractivity contribution < 1.29 is 4.74 Å². The van der Waals surface area contributed by atoms with Gasteiger partial charge in [0.2, 0.25) is 0 Å². The van der Waals surface area contributed by atoms with Gasteiger partial charge in [-0.15, -0.1) is 5.10 Å². The van der Waals surface area contributed by atoms with Crippen LogP contribution in [0, 0.1) is 0 Å². The third-order valence-electron chi connectivity index (χ3n) is 3.33. The number of rotatable bonds is 4. The molecule has 1 aromatic heterocycles. The molecule has 0 radical (unpaired) electrons. The van der Waals surface area contributed by atoms with Crippen LogP contribution in [-0.4, -0.2) is 54.5 Å². The molecule has 0 unspecified atom stereocenters. The molecule has 0 aromatic carbocycles. The lowest BCUT2D eigenvalue weighted by molar-refractivity contribution is 0.288. The first-order valence-electron chi connectivity index (χ1n) is 6.76. The highest BCUT2D eigenvalue weighted by Crippen LogP contribution is 2.24. The van der Waals surface area contributed by atoms with Gasteiger partial charge in [-0.05, 0) is 13.5 Å². The van der Waals surface area contributed by atoms with E-state index in [1.165, 1.54) is 4.68 Å². The molecule has 1 aliphatic rings. The van der Waals surface area contributed by atoms with E-state index in [0.29, 0.717) is 12.5 Å². The molecular formula is C13H22N4O2. The molecule has 1 fully saturated rings. The van der Waals surface area contributed by atoms with Crippen molar-refractivity contribution in [1.29, 1.82) is 0 Å². The van der Waals surface area contributed by atoms with Crippen molar-refractivity contribution in [2.24, 2.45) is 7.05 Å². The number of hydrogen-bond acceptors (Lipinski definition) is 5. The lowest BCUT2D eigenvalue weighted by Gasteiger charge is -2.34. The summed E-state index contributed by atoms with van der Waals surface area (Å²) in [5.41, 5.74) is 0.724. The molecule has 2 heterocycles. The highest BCUT2D eigenvalue weighted by Gasteiger charge is 2.20. The zero-order valence-corrected chi connectivity index (χ0v) is 11.9. The van der Waals surface area contributed by atoms with Crippen LogP contribution in [-0.2, 0) is 7.05 Å². The lowest BCUT2D eigenvalue weighted by Crippen LogP contribution is -2.45. The maximum Gasteiger partial charge on any atom is 0.268 e. The van der Waals surface area contributed by atoms with Gasteiger partial charge in [-0.3, -0.25) is 4.79 Å². The number of nitrogens with zero attached hydrogens (tertiary/aromatic N) is 4. The molecule has 6 heteroatoms. The van der Waals surface area contributed by atoms with Crippen molar-refractivity contribution in [3.8, 4) is 5.88 Å². The molecule has 106 valence electrons. The Balaban J connectivity index is 2.26. The lowest BCUT2D eigenvalue weighted by atomic mass is 10.3. The molecule has 0 saturated carbocycles. The fourth-order valence-electron chi connectivity index (χ4n) is 2.08. The van der Waals surface area contributed by atoms with Crippen molar-refractivity contribution in [2.75, 3.05) is 44.7 Å². The minimum absolute atomic E-state index is 0.0993. The van der Waals surface area contributed by atoms with Crippen LogP contribution in [0.3, 0.4) is 0 Å². The smallest absolute Gasteiger partial charge is 0.268 e. The quantitative estimate of drug-likeness (QED) is 0.785. The van der Waals surface area contributed by atoms with Gasteiger partial charge in [-0.2, -0.15) is 0 Å². The molecule has 1 aromatic rings. The summed E-state index contributed by atoms with van der Waals surface area (Å²) in [6.45, 7) is 6.44. The van der Waals surface area contributed by atoms with Crippen LogP contribution in [0.25, 0.3) is 0 Å². The van der Waals surface area contributed by atoms with E-state index in [0.717, 1.165) is 38.3 Å². The van der Waals surface area contributed by atoms with Crippen LogP contribution in [0.4, 0.5) is 5.69 Å². The molecule has 2 rings (SSSR count). The third-order valence-corrected chi connectivity index (χ3v) is 3.33. The standard InChI is InChI=1S/C13H22N4O2/c1-4-9-19-13-11(10-12(18)16(3)14-13)17-7-5-15(2)6-8-17/h10H,4-9H2,1-3H3. The van der Waals surface area contributed by atoms with Crippen molar-refractivity contribution in [1.82, 2.24) is 14.7 Å². The topological polar surface area (TPSA) is 50.6 Å². The molecule has 1 saturated heterocycles. The summed E-state index contributed by atoms with van der Waals surface area (Å²) >= 11 is 0. The number of piperazine rings is 1. The molecule has 0 amide bonds. The minimum atomic E-state index is -0.0993. The second kappa shape index (κ2) is 6.06. The van der Waals surface area contributed by atoms with Crippen LogP contribution < -0.4 is 15.2 Å². The normalized spacial score (nSPS) is 16.7. The molecule has 0 N–H and O–H groups in total. The van der Waals surface area contributed by atoms with Gasteiger partial charge in [0, 0.05) is 39.3 Å². The fraction of sp³-hybridized carbons (Fsp3) is 0.692. The Morgan fingerprint density at radius 1 is 1.26 bits per heavy atom. The summed E-state index contributed by atoms with van der Waals surface area (Å²) in [6, 6.07) is 1.63. The van der Waals surface area contributed by atoms with E-state index in [1.807, 2.05) is 0 Å². The molecule has 0 atom stereocenters. The zero-order valence-electron chi connectivity index (χ0n) is 11.9. The molecule has 6 nitrogen and oxygen atoms in total. The molecule has 0 aliphatic carbocycles. The predicted octanol–water partition coefficient (Wildman–Crippen LogP) is 0.321. The van der Waals surface area contributed by atoms with Crippen molar-refractivity contribution in [3.05, 3.63) is 16.4 Å². The van der Waals surface area contributed by atoms with Crippen molar-refractivity contribution in [3.63, 3.8) is 0 Å². The Bertz CT molecular complexity index is 478. The van der Waals surface area contributed by atoms with Crippen LogP contribution in [0.1, 0.15) is 13.3 Å². The Kier molecular flexibility index (Phi) is 4.42. The molecule has 19 heavy (non-hydrogen) atoms. The van der Waals surface area contributed by atoms with Gasteiger partial charge in [0.25, 0.3) is 11.4 Å². The maximum atomic E-state index is 11.8. The number of aryl methyl sites for hydroxylation is 1. The van der Waals surface area contributed by atoms with Crippen LogP contribution in [0.15, 0.2) is 10.9 Å². The highest BCUT2D eigenvalue weighted by atomic mass is 16.5. The number of hydrogen-bond donors (Lipinski definition) is 0. The fourth-order valence-corrected chi connectivity index (χ4v) is 2.08. The first-order chi connectivity index (χ1) is 9.11. The summed E-state index contributed by atoms with van der Waals surface area (Å²) in [4.78, 5) is 16.2. The average molecular weight is 266 g/mol. The molecular weight excluding hydrogens is 244 g/mol. The third kappa shape index (κ3) is 3.26. The number of aromatic nitrogens is 2. The Hall–Kier alpha value is -1.56. The Labute approximate surface area is 113 Å². The molecule has 0 bridgehead atoms. The number of likely N-dealkylation sites (N-methyl/N-ethyl adjacent to an activating group) is 1. The summed E-state index contributed by atoms with van der Waals surface area (Å²) in [5.74, 6) is 0.563. The highest BCUT2D eigenvalue weighted by molar-refractivity contribution is 5.54. The Morgan fingerprint density at radius 3 is 2.58 bits per heavy atom. The van der Waals surface area contributed by atoms with Gasteiger partial charge in [0.1, 0.15) is 5.69 Å². The van der Waals surface area contributed by atoms with E-state index >= 15 is 0 Å². The van der Waals surface area contributed by atoms with E-state index in [2.05, 4.69) is 28.9 Å². The second-order valence-corrected chi connectivity index (χ2v) is 4.94. The van der Waals surface area contributed by atoms with Gasteiger partial charge < -0.3 is 14.5 Å². The first kappa shape index (κ1) is 13.9. The number of ether oxygens (including phenoxy) is 1. The average Bonchev–Trinajstić information content (AvgIpc) is 2.41. The predicted molar refractivity (Wildman–Crippen MR) is 75.0 cm³/mol. The first-order valence-corrected chi connectivity index (χ1v) is 6.76. The zero-order chi connectivity index (χ0) is 13.8. The summed E-state index contributed by atoms with van der Waals surface area (Å²) in [6.07, 6.45) is 0.923. The van der Waals surface area contributed by atoms with E-state index in [-0.39, 0.29) is 5.56 Å². The summed E-state index contributed by atoms with van der Waals surface area (Å²) in [7, 11) is 3.75. The van der Waals surface area contributed by atoms with E-state index in [9.17, 15) is 4.79 Å². The van der Waals surface area contributed by atoms with Crippen LogP contribution in [0.2, 0.25) is 0 Å².